The molecule has 2 aromatic heterocycles. The molecule has 0 atom stereocenters. The number of benzene rings is 1. The molecule has 0 fully saturated rings. The van der Waals surface area contributed by atoms with Gasteiger partial charge in [0.05, 0.1) is 29.7 Å². The van der Waals surface area contributed by atoms with Crippen molar-refractivity contribution in [1.29, 1.82) is 0 Å². The number of rotatable bonds is 3. The van der Waals surface area contributed by atoms with Gasteiger partial charge in [0.2, 0.25) is 0 Å². The molecule has 104 valence electrons. The van der Waals surface area contributed by atoms with E-state index >= 15 is 0 Å². The maximum Gasteiger partial charge on any atom is 0.125 e. The van der Waals surface area contributed by atoms with Gasteiger partial charge in [-0.15, -0.1) is 11.6 Å². The van der Waals surface area contributed by atoms with Gasteiger partial charge in [0.15, 0.2) is 0 Å². The fourth-order valence-corrected chi connectivity index (χ4v) is 2.98. The van der Waals surface area contributed by atoms with Gasteiger partial charge in [0.1, 0.15) is 5.82 Å². The summed E-state index contributed by atoms with van der Waals surface area (Å²) >= 11 is 8.35. The zero-order valence-corrected chi connectivity index (χ0v) is 14.2. The molecule has 0 aliphatic rings. The van der Waals surface area contributed by atoms with Gasteiger partial charge in [-0.05, 0) is 47.7 Å². The number of hydrogen-bond acceptors (Lipinski definition) is 2. The van der Waals surface area contributed by atoms with Crippen molar-refractivity contribution in [3.63, 3.8) is 0 Å². The van der Waals surface area contributed by atoms with E-state index in [1.165, 1.54) is 9.13 Å². The second-order valence-corrected chi connectivity index (χ2v) is 6.27. The van der Waals surface area contributed by atoms with Crippen LogP contribution in [0.5, 0.6) is 0 Å². The Morgan fingerprint density at radius 1 is 1.35 bits per heavy atom. The molecule has 0 aliphatic carbocycles. The van der Waals surface area contributed by atoms with Gasteiger partial charge >= 0.3 is 0 Å². The lowest BCUT2D eigenvalue weighted by Gasteiger charge is -2.07. The number of nitrogens with zero attached hydrogens (tertiary/aromatic N) is 4. The zero-order valence-electron chi connectivity index (χ0n) is 11.3. The van der Waals surface area contributed by atoms with E-state index in [0.29, 0.717) is 5.88 Å². The van der Waals surface area contributed by atoms with E-state index in [1.807, 2.05) is 17.9 Å². The molecule has 3 aromatic rings. The highest BCUT2D eigenvalue weighted by atomic mass is 127. The minimum atomic E-state index is 0.407. The first-order valence-corrected chi connectivity index (χ1v) is 7.89. The number of alkyl halides is 1. The van der Waals surface area contributed by atoms with Crippen molar-refractivity contribution in [2.45, 2.75) is 19.3 Å². The third kappa shape index (κ3) is 2.33. The SMILES string of the molecule is Cc1c(Cn2c(CCl)nc3cc(I)ccc32)cnn1C. The molecule has 0 bridgehead atoms. The van der Waals surface area contributed by atoms with Crippen LogP contribution in [-0.2, 0) is 19.5 Å². The highest BCUT2D eigenvalue weighted by Gasteiger charge is 2.13. The van der Waals surface area contributed by atoms with Crippen LogP contribution >= 0.6 is 34.2 Å². The molecule has 0 N–H and O–H groups in total. The summed E-state index contributed by atoms with van der Waals surface area (Å²) in [6, 6.07) is 6.28. The Morgan fingerprint density at radius 2 is 2.15 bits per heavy atom. The summed E-state index contributed by atoms with van der Waals surface area (Å²) in [5.41, 5.74) is 4.47. The number of aromatic nitrogens is 4. The van der Waals surface area contributed by atoms with Crippen molar-refractivity contribution >= 4 is 45.2 Å². The maximum absolute atomic E-state index is 6.05. The van der Waals surface area contributed by atoms with Crippen LogP contribution in [0.1, 0.15) is 17.1 Å². The van der Waals surface area contributed by atoms with Crippen molar-refractivity contribution < 1.29 is 0 Å². The van der Waals surface area contributed by atoms with E-state index in [9.17, 15) is 0 Å². The smallest absolute Gasteiger partial charge is 0.125 e. The van der Waals surface area contributed by atoms with Gasteiger partial charge < -0.3 is 4.57 Å². The van der Waals surface area contributed by atoms with Gasteiger partial charge in [-0.2, -0.15) is 5.10 Å². The van der Waals surface area contributed by atoms with Crippen LogP contribution in [0.4, 0.5) is 0 Å². The van der Waals surface area contributed by atoms with Gasteiger partial charge in [-0.3, -0.25) is 4.68 Å². The lowest BCUT2D eigenvalue weighted by molar-refractivity contribution is 0.729. The summed E-state index contributed by atoms with van der Waals surface area (Å²) in [6.07, 6.45) is 1.91. The van der Waals surface area contributed by atoms with Gasteiger partial charge in [-0.25, -0.2) is 4.98 Å². The van der Waals surface area contributed by atoms with E-state index in [2.05, 4.69) is 62.4 Å². The molecule has 2 heterocycles. The van der Waals surface area contributed by atoms with Crippen molar-refractivity contribution in [2.75, 3.05) is 0 Å². The average Bonchev–Trinajstić information content (AvgIpc) is 2.93. The summed E-state index contributed by atoms with van der Waals surface area (Å²) in [6.45, 7) is 2.82. The lowest BCUT2D eigenvalue weighted by atomic mass is 10.2. The first-order chi connectivity index (χ1) is 9.60. The van der Waals surface area contributed by atoms with Crippen molar-refractivity contribution in [3.05, 3.63) is 45.0 Å². The van der Waals surface area contributed by atoms with Crippen LogP contribution in [0.25, 0.3) is 11.0 Å². The Labute approximate surface area is 135 Å². The van der Waals surface area contributed by atoms with Crippen LogP contribution in [0.15, 0.2) is 24.4 Å². The number of aryl methyl sites for hydroxylation is 1. The Bertz CT molecular complexity index is 775. The lowest BCUT2D eigenvalue weighted by Crippen LogP contribution is -2.05. The van der Waals surface area contributed by atoms with Gasteiger partial charge in [-0.1, -0.05) is 0 Å². The monoisotopic (exact) mass is 400 g/mol. The highest BCUT2D eigenvalue weighted by molar-refractivity contribution is 14.1. The Morgan fingerprint density at radius 3 is 2.80 bits per heavy atom. The van der Waals surface area contributed by atoms with Crippen LogP contribution in [0, 0.1) is 10.5 Å². The second-order valence-electron chi connectivity index (χ2n) is 4.76. The highest BCUT2D eigenvalue weighted by Crippen LogP contribution is 2.22. The van der Waals surface area contributed by atoms with Crippen LogP contribution in [-0.4, -0.2) is 19.3 Å². The van der Waals surface area contributed by atoms with E-state index < -0.39 is 0 Å². The largest absolute Gasteiger partial charge is 0.322 e. The Hall–Kier alpha value is -1.08. The summed E-state index contributed by atoms with van der Waals surface area (Å²) in [7, 11) is 1.95. The molecule has 0 unspecified atom stereocenters. The zero-order chi connectivity index (χ0) is 14.3. The van der Waals surface area contributed by atoms with Crippen molar-refractivity contribution in [3.8, 4) is 0 Å². The summed E-state index contributed by atoms with van der Waals surface area (Å²) < 4.78 is 5.23. The molecule has 1 aromatic carbocycles. The first kappa shape index (κ1) is 13.9. The number of imidazole rings is 1. The van der Waals surface area contributed by atoms with Crippen molar-refractivity contribution in [2.24, 2.45) is 7.05 Å². The van der Waals surface area contributed by atoms with Crippen molar-refractivity contribution in [1.82, 2.24) is 19.3 Å². The second kappa shape index (κ2) is 5.37. The number of hydrogen-bond donors (Lipinski definition) is 0. The topological polar surface area (TPSA) is 35.6 Å². The Balaban J connectivity index is 2.12. The molecule has 20 heavy (non-hydrogen) atoms. The minimum absolute atomic E-state index is 0.407. The summed E-state index contributed by atoms with van der Waals surface area (Å²) in [5.74, 6) is 1.30. The van der Waals surface area contributed by atoms with Crippen LogP contribution in [0.3, 0.4) is 0 Å². The maximum atomic E-state index is 6.05. The Kier molecular flexibility index (Phi) is 3.72. The summed E-state index contributed by atoms with van der Waals surface area (Å²) in [4.78, 5) is 4.62. The molecule has 0 amide bonds. The van der Waals surface area contributed by atoms with Crippen LogP contribution in [0.2, 0.25) is 0 Å². The molecule has 0 saturated carbocycles. The normalized spacial score (nSPS) is 11.4. The van der Waals surface area contributed by atoms with Gasteiger partial charge in [0, 0.05) is 21.9 Å². The molecule has 0 spiro atoms. The van der Waals surface area contributed by atoms with Crippen LogP contribution < -0.4 is 0 Å². The molecular weight excluding hydrogens is 387 g/mol. The molecular formula is C14H14ClIN4. The van der Waals surface area contributed by atoms with E-state index in [1.54, 1.807) is 0 Å². The number of fused-ring (bicyclic) bond motifs is 1. The minimum Gasteiger partial charge on any atom is -0.322 e. The van der Waals surface area contributed by atoms with E-state index in [-0.39, 0.29) is 0 Å². The summed E-state index contributed by atoms with van der Waals surface area (Å²) in [5, 5.41) is 4.30. The molecule has 4 nitrogen and oxygen atoms in total. The molecule has 0 radical (unpaired) electrons. The fraction of sp³-hybridized carbons (Fsp3) is 0.286. The third-order valence-corrected chi connectivity index (χ3v) is 4.48. The molecule has 0 saturated heterocycles. The first-order valence-electron chi connectivity index (χ1n) is 6.28. The third-order valence-electron chi connectivity index (χ3n) is 3.57. The van der Waals surface area contributed by atoms with E-state index in [0.717, 1.165) is 29.1 Å². The predicted molar refractivity (Wildman–Crippen MR) is 89.1 cm³/mol. The van der Waals surface area contributed by atoms with E-state index in [4.69, 9.17) is 11.6 Å². The fourth-order valence-electron chi connectivity index (χ4n) is 2.30. The molecule has 3 rings (SSSR count). The molecule has 6 heteroatoms. The quantitative estimate of drug-likeness (QED) is 0.498. The standard InChI is InChI=1S/C14H14ClIN4/c1-9-10(7-17-19(9)2)8-20-13-4-3-11(16)5-12(13)18-14(20)6-15/h3-5,7H,6,8H2,1-2H3. The predicted octanol–water partition coefficient (Wildman–Crippen LogP) is 3.47. The number of halogens is 2. The average molecular weight is 401 g/mol. The molecule has 0 aliphatic heterocycles. The van der Waals surface area contributed by atoms with Gasteiger partial charge in [0.25, 0.3) is 0 Å².